The highest BCUT2D eigenvalue weighted by atomic mass is 32.3. The van der Waals surface area contributed by atoms with Gasteiger partial charge in [0.1, 0.15) is 0 Å². The zero-order valence-electron chi connectivity index (χ0n) is 15.2. The van der Waals surface area contributed by atoms with Gasteiger partial charge >= 0.3 is 5.97 Å². The van der Waals surface area contributed by atoms with Gasteiger partial charge < -0.3 is 5.11 Å². The average molecular weight is 377 g/mol. The number of hydrogen-bond acceptors (Lipinski definition) is 3. The predicted octanol–water partition coefficient (Wildman–Crippen LogP) is 5.70. The molecule has 25 heavy (non-hydrogen) atoms. The Bertz CT molecular complexity index is 675. The zero-order valence-corrected chi connectivity index (χ0v) is 16.8. The molecule has 4 aliphatic carbocycles. The number of fused-ring (bicyclic) bond motifs is 5. The van der Waals surface area contributed by atoms with Crippen LogP contribution >= 0.6 is 23.5 Å². The molecule has 4 heteroatoms. The fraction of sp³-hybridized carbons (Fsp3) is 0.762. The maximum absolute atomic E-state index is 11.7. The van der Waals surface area contributed by atoms with Gasteiger partial charge in [-0.25, -0.2) is 4.79 Å². The fourth-order valence-electron chi connectivity index (χ4n) is 6.97. The molecule has 0 bridgehead atoms. The fourth-order valence-corrected chi connectivity index (χ4v) is 10.6. The molecule has 5 aliphatic rings. The van der Waals surface area contributed by atoms with Crippen LogP contribution < -0.4 is 0 Å². The lowest BCUT2D eigenvalue weighted by atomic mass is 9.51. The SMILES string of the molecule is CC1SC2(C=C3CC[C@@H]4[C@H](CC[C@]5(C)C(C(=O)O)=CC[C@H]45)[C@H]3CC2)S1. The molecule has 5 rings (SSSR count). The Kier molecular flexibility index (Phi) is 3.75. The van der Waals surface area contributed by atoms with Crippen LogP contribution in [0.2, 0.25) is 0 Å². The second-order valence-electron chi connectivity index (χ2n) is 9.07. The molecule has 1 spiro atoms. The number of carboxylic acid groups (broad SMARTS) is 1. The Balaban J connectivity index is 1.39. The van der Waals surface area contributed by atoms with Crippen molar-refractivity contribution >= 4 is 29.5 Å². The summed E-state index contributed by atoms with van der Waals surface area (Å²) in [4.78, 5) is 11.7. The van der Waals surface area contributed by atoms with Crippen molar-refractivity contribution in [2.45, 2.75) is 67.5 Å². The lowest BCUT2D eigenvalue weighted by Crippen LogP contribution is -2.47. The number of hydrogen-bond donors (Lipinski definition) is 1. The van der Waals surface area contributed by atoms with E-state index in [0.29, 0.717) is 10.00 Å². The molecule has 5 atom stereocenters. The minimum absolute atomic E-state index is 0.0702. The first-order chi connectivity index (χ1) is 11.9. The second kappa shape index (κ2) is 5.58. The van der Waals surface area contributed by atoms with E-state index >= 15 is 0 Å². The Morgan fingerprint density at radius 3 is 2.72 bits per heavy atom. The van der Waals surface area contributed by atoms with Crippen LogP contribution in [0.5, 0.6) is 0 Å². The van der Waals surface area contributed by atoms with Crippen molar-refractivity contribution in [3.05, 3.63) is 23.3 Å². The third-order valence-corrected chi connectivity index (χ3v) is 11.3. The van der Waals surface area contributed by atoms with Gasteiger partial charge in [0, 0.05) is 11.0 Å². The molecule has 1 saturated heterocycles. The Morgan fingerprint density at radius 1 is 1.20 bits per heavy atom. The summed E-state index contributed by atoms with van der Waals surface area (Å²) in [6, 6.07) is 0. The van der Waals surface area contributed by atoms with E-state index in [1.807, 2.05) is 0 Å². The maximum atomic E-state index is 11.7. The van der Waals surface area contributed by atoms with Gasteiger partial charge in [-0.1, -0.05) is 24.6 Å². The van der Waals surface area contributed by atoms with Gasteiger partial charge in [-0.15, -0.1) is 23.5 Å². The number of allylic oxidation sites excluding steroid dienone is 2. The van der Waals surface area contributed by atoms with Crippen LogP contribution in [-0.4, -0.2) is 19.7 Å². The highest BCUT2D eigenvalue weighted by Gasteiger charge is 2.56. The van der Waals surface area contributed by atoms with Crippen molar-refractivity contribution in [2.24, 2.45) is 29.1 Å². The number of aliphatic carboxylic acids is 1. The van der Waals surface area contributed by atoms with Gasteiger partial charge in [-0.3, -0.25) is 0 Å². The number of thioether (sulfide) groups is 2. The first-order valence-corrected chi connectivity index (χ1v) is 11.7. The minimum Gasteiger partial charge on any atom is -0.478 e. The van der Waals surface area contributed by atoms with Crippen molar-refractivity contribution in [1.29, 1.82) is 0 Å². The first-order valence-electron chi connectivity index (χ1n) is 9.93. The lowest BCUT2D eigenvalue weighted by molar-refractivity contribution is -0.134. The van der Waals surface area contributed by atoms with Crippen LogP contribution in [0.3, 0.4) is 0 Å². The van der Waals surface area contributed by atoms with Gasteiger partial charge in [0.05, 0.1) is 8.66 Å². The Morgan fingerprint density at radius 2 is 2.00 bits per heavy atom. The largest absolute Gasteiger partial charge is 0.478 e. The van der Waals surface area contributed by atoms with Gasteiger partial charge in [0.25, 0.3) is 0 Å². The van der Waals surface area contributed by atoms with E-state index in [-0.39, 0.29) is 5.41 Å². The van der Waals surface area contributed by atoms with Gasteiger partial charge in [-0.2, -0.15) is 0 Å². The molecule has 0 aromatic carbocycles. The van der Waals surface area contributed by atoms with Crippen molar-refractivity contribution in [1.82, 2.24) is 0 Å². The van der Waals surface area contributed by atoms with Crippen molar-refractivity contribution in [3.8, 4) is 0 Å². The molecule has 0 aromatic heterocycles. The molecular formula is C21H28O2S2. The molecule has 0 radical (unpaired) electrons. The third-order valence-electron chi connectivity index (χ3n) is 8.00. The second-order valence-corrected chi connectivity index (χ2v) is 13.0. The summed E-state index contributed by atoms with van der Waals surface area (Å²) in [5, 5.41) is 9.63. The molecule has 1 heterocycles. The van der Waals surface area contributed by atoms with Crippen LogP contribution in [0.1, 0.15) is 58.8 Å². The molecule has 136 valence electrons. The number of carbonyl (C=O) groups is 1. The monoisotopic (exact) mass is 376 g/mol. The highest BCUT2D eigenvalue weighted by molar-refractivity contribution is 8.34. The molecule has 2 nitrogen and oxygen atoms in total. The Labute approximate surface area is 159 Å². The summed E-state index contributed by atoms with van der Waals surface area (Å²) >= 11 is 4.34. The molecule has 0 unspecified atom stereocenters. The predicted molar refractivity (Wildman–Crippen MR) is 106 cm³/mol. The van der Waals surface area contributed by atoms with E-state index in [1.54, 1.807) is 5.57 Å². The van der Waals surface area contributed by atoms with E-state index in [2.05, 4.69) is 49.5 Å². The molecule has 1 aliphatic heterocycles. The zero-order chi connectivity index (χ0) is 17.4. The summed E-state index contributed by atoms with van der Waals surface area (Å²) in [6.45, 7) is 4.57. The van der Waals surface area contributed by atoms with Gasteiger partial charge in [0.2, 0.25) is 0 Å². The summed E-state index contributed by atoms with van der Waals surface area (Å²) in [7, 11) is 0. The smallest absolute Gasteiger partial charge is 0.331 e. The minimum atomic E-state index is -0.674. The third kappa shape index (κ3) is 2.35. The molecule has 0 aromatic rings. The maximum Gasteiger partial charge on any atom is 0.331 e. The van der Waals surface area contributed by atoms with Crippen LogP contribution in [0.25, 0.3) is 0 Å². The van der Waals surface area contributed by atoms with E-state index < -0.39 is 5.97 Å². The van der Waals surface area contributed by atoms with Crippen molar-refractivity contribution in [2.75, 3.05) is 0 Å². The van der Waals surface area contributed by atoms with Crippen LogP contribution in [0.15, 0.2) is 23.3 Å². The van der Waals surface area contributed by atoms with E-state index in [1.165, 1.54) is 32.1 Å². The van der Waals surface area contributed by atoms with Crippen LogP contribution in [0, 0.1) is 29.1 Å². The quantitative estimate of drug-likeness (QED) is 0.595. The van der Waals surface area contributed by atoms with E-state index in [4.69, 9.17) is 0 Å². The van der Waals surface area contributed by atoms with Crippen molar-refractivity contribution < 1.29 is 9.90 Å². The molecule has 1 N–H and O–H groups in total. The first kappa shape index (κ1) is 16.8. The van der Waals surface area contributed by atoms with E-state index in [0.717, 1.165) is 40.8 Å². The molecule has 2 saturated carbocycles. The number of rotatable bonds is 1. The normalized spacial score (nSPS) is 50.9. The van der Waals surface area contributed by atoms with Crippen LogP contribution in [-0.2, 0) is 4.79 Å². The summed E-state index contributed by atoms with van der Waals surface area (Å²) in [6.07, 6.45) is 13.3. The van der Waals surface area contributed by atoms with Crippen molar-refractivity contribution in [3.63, 3.8) is 0 Å². The lowest BCUT2D eigenvalue weighted by Gasteiger charge is -2.55. The van der Waals surface area contributed by atoms with E-state index in [9.17, 15) is 9.90 Å². The van der Waals surface area contributed by atoms with Crippen LogP contribution in [0.4, 0.5) is 0 Å². The Hall–Kier alpha value is -0.350. The topological polar surface area (TPSA) is 37.3 Å². The average Bonchev–Trinajstić information content (AvgIpc) is 2.90. The summed E-state index contributed by atoms with van der Waals surface area (Å²) in [5.41, 5.74) is 2.41. The number of carboxylic acids is 1. The van der Waals surface area contributed by atoms with Gasteiger partial charge in [0.15, 0.2) is 0 Å². The standard InChI is InChI=1S/C21H28O2S2/c1-12-24-21(25-12)10-8-14-13(11-21)3-4-16-15(14)7-9-20(2)17(16)5-6-18(20)19(22)23/h6,11-12,14-17H,3-5,7-10H2,1-2H3,(H,22,23)/t12?,14-,15+,16+,17+,20-,21?/m0/s1. The highest BCUT2D eigenvalue weighted by Crippen LogP contribution is 2.66. The summed E-state index contributed by atoms with van der Waals surface area (Å²) in [5.74, 6) is 2.24. The van der Waals surface area contributed by atoms with Gasteiger partial charge in [-0.05, 0) is 75.5 Å². The summed E-state index contributed by atoms with van der Waals surface area (Å²) < 4.78 is 1.17. The molecular weight excluding hydrogens is 348 g/mol. The molecule has 3 fully saturated rings. The molecule has 0 amide bonds.